The summed E-state index contributed by atoms with van der Waals surface area (Å²) in [5.41, 5.74) is 0.842. The lowest BCUT2D eigenvalue weighted by Crippen LogP contribution is -2.23. The molecule has 0 spiro atoms. The van der Waals surface area contributed by atoms with Crippen molar-refractivity contribution in [2.45, 2.75) is 20.0 Å². The van der Waals surface area contributed by atoms with E-state index >= 15 is 0 Å². The fourth-order valence-electron chi connectivity index (χ4n) is 2.70. The summed E-state index contributed by atoms with van der Waals surface area (Å²) in [6.07, 6.45) is 0.391. The Hall–Kier alpha value is -2.24. The number of aromatic nitrogens is 2. The van der Waals surface area contributed by atoms with Crippen LogP contribution < -0.4 is 15.0 Å². The highest BCUT2D eigenvalue weighted by atomic mass is 79.9. The fraction of sp³-hybridized carbons (Fsp3) is 0.200. The number of methoxy groups -OCH3 is 1. The standard InChI is InChI=1S/C20H16Br3N3O5/c1-9(20(28)29)31-18-15(30-3)6-11(16(22)17(18)23)8-24-26-10(2)25-14-5-4-12(21)7-13(14)19(26)27/h4-9H,1-3H3,(H,28,29)/t9-/m1/s1. The molecule has 0 saturated heterocycles. The highest BCUT2D eigenvalue weighted by molar-refractivity contribution is 9.13. The topological polar surface area (TPSA) is 103 Å². The Bertz CT molecular complexity index is 1270. The fourth-order valence-corrected chi connectivity index (χ4v) is 3.98. The normalized spacial score (nSPS) is 12.3. The molecular formula is C20H16Br3N3O5. The maximum atomic E-state index is 12.9. The molecule has 0 saturated carbocycles. The third kappa shape index (κ3) is 4.83. The Balaban J connectivity index is 2.08. The van der Waals surface area contributed by atoms with Crippen molar-refractivity contribution in [3.63, 3.8) is 0 Å². The highest BCUT2D eigenvalue weighted by Gasteiger charge is 2.21. The molecule has 1 N–H and O–H groups in total. The van der Waals surface area contributed by atoms with Gasteiger partial charge in [-0.1, -0.05) is 15.9 Å². The molecule has 0 aliphatic heterocycles. The molecule has 0 aliphatic carbocycles. The molecule has 31 heavy (non-hydrogen) atoms. The Morgan fingerprint density at radius 2 is 1.97 bits per heavy atom. The molecule has 1 aromatic heterocycles. The molecule has 11 heteroatoms. The van der Waals surface area contributed by atoms with Crippen LogP contribution in [0, 0.1) is 6.92 Å². The second kappa shape index (κ2) is 9.49. The second-order valence-electron chi connectivity index (χ2n) is 6.41. The summed E-state index contributed by atoms with van der Waals surface area (Å²) >= 11 is 10.2. The molecule has 8 nitrogen and oxygen atoms in total. The largest absolute Gasteiger partial charge is 0.493 e. The average Bonchev–Trinajstić information content (AvgIpc) is 2.73. The molecule has 2 aromatic carbocycles. The lowest BCUT2D eigenvalue weighted by atomic mass is 10.2. The van der Waals surface area contributed by atoms with Crippen molar-refractivity contribution in [1.29, 1.82) is 0 Å². The van der Waals surface area contributed by atoms with Gasteiger partial charge in [0, 0.05) is 14.5 Å². The molecule has 0 aliphatic rings. The van der Waals surface area contributed by atoms with Crippen LogP contribution in [-0.2, 0) is 4.79 Å². The van der Waals surface area contributed by atoms with E-state index in [1.165, 1.54) is 24.9 Å². The van der Waals surface area contributed by atoms with Crippen molar-refractivity contribution in [1.82, 2.24) is 9.66 Å². The summed E-state index contributed by atoms with van der Waals surface area (Å²) in [5, 5.41) is 13.9. The number of halogens is 3. The van der Waals surface area contributed by atoms with Gasteiger partial charge in [-0.25, -0.2) is 9.78 Å². The number of rotatable bonds is 6. The van der Waals surface area contributed by atoms with Crippen molar-refractivity contribution >= 4 is 70.9 Å². The first-order valence-corrected chi connectivity index (χ1v) is 11.2. The van der Waals surface area contributed by atoms with Crippen LogP contribution in [0.3, 0.4) is 0 Å². The molecule has 0 fully saturated rings. The van der Waals surface area contributed by atoms with E-state index in [4.69, 9.17) is 14.6 Å². The smallest absolute Gasteiger partial charge is 0.344 e. The Morgan fingerprint density at radius 1 is 1.26 bits per heavy atom. The van der Waals surface area contributed by atoms with E-state index in [0.29, 0.717) is 37.0 Å². The van der Waals surface area contributed by atoms with Gasteiger partial charge in [-0.2, -0.15) is 9.78 Å². The van der Waals surface area contributed by atoms with Gasteiger partial charge in [-0.15, -0.1) is 0 Å². The second-order valence-corrected chi connectivity index (χ2v) is 8.91. The minimum Gasteiger partial charge on any atom is -0.493 e. The number of nitrogens with zero attached hydrogens (tertiary/aromatic N) is 3. The molecule has 3 aromatic rings. The van der Waals surface area contributed by atoms with Gasteiger partial charge in [0.15, 0.2) is 17.6 Å². The summed E-state index contributed by atoms with van der Waals surface area (Å²) < 4.78 is 13.8. The van der Waals surface area contributed by atoms with E-state index in [-0.39, 0.29) is 11.3 Å². The summed E-state index contributed by atoms with van der Waals surface area (Å²) in [7, 11) is 1.44. The summed E-state index contributed by atoms with van der Waals surface area (Å²) in [6, 6.07) is 6.89. The third-order valence-electron chi connectivity index (χ3n) is 4.30. The molecule has 162 valence electrons. The number of hydrogen-bond acceptors (Lipinski definition) is 6. The van der Waals surface area contributed by atoms with Crippen LogP contribution in [0.15, 0.2) is 47.6 Å². The lowest BCUT2D eigenvalue weighted by Gasteiger charge is -2.17. The van der Waals surface area contributed by atoms with E-state index in [1.807, 2.05) is 6.07 Å². The maximum absolute atomic E-state index is 12.9. The van der Waals surface area contributed by atoms with Crippen molar-refractivity contribution in [2.75, 3.05) is 7.11 Å². The van der Waals surface area contributed by atoms with Crippen LogP contribution in [0.5, 0.6) is 11.5 Å². The zero-order valence-corrected chi connectivity index (χ0v) is 21.3. The minimum absolute atomic E-state index is 0.229. The number of carbonyl (C=O) groups is 1. The van der Waals surface area contributed by atoms with Crippen LogP contribution in [-0.4, -0.2) is 40.2 Å². The van der Waals surface area contributed by atoms with Crippen LogP contribution in [0.1, 0.15) is 18.3 Å². The number of carboxylic acid groups (broad SMARTS) is 1. The van der Waals surface area contributed by atoms with Crippen LogP contribution in [0.2, 0.25) is 0 Å². The number of fused-ring (bicyclic) bond motifs is 1. The molecule has 0 radical (unpaired) electrons. The summed E-state index contributed by atoms with van der Waals surface area (Å²) in [4.78, 5) is 28.5. The quantitative estimate of drug-likeness (QED) is 0.401. The SMILES string of the molecule is COc1cc(C=Nn2c(C)nc3ccc(Br)cc3c2=O)c(Br)c(Br)c1O[C@H](C)C(=O)O. The molecule has 0 bridgehead atoms. The number of aryl methyl sites for hydroxylation is 1. The van der Waals surface area contributed by atoms with Crippen molar-refractivity contribution < 1.29 is 19.4 Å². The Morgan fingerprint density at radius 3 is 2.61 bits per heavy atom. The van der Waals surface area contributed by atoms with Gasteiger partial charge in [0.05, 0.1) is 28.7 Å². The zero-order valence-electron chi connectivity index (χ0n) is 16.5. The molecule has 1 atom stereocenters. The molecule has 1 heterocycles. The van der Waals surface area contributed by atoms with E-state index in [2.05, 4.69) is 57.9 Å². The minimum atomic E-state index is -1.11. The Kier molecular flexibility index (Phi) is 7.17. The average molecular weight is 618 g/mol. The maximum Gasteiger partial charge on any atom is 0.344 e. The van der Waals surface area contributed by atoms with Gasteiger partial charge in [0.1, 0.15) is 5.82 Å². The first-order valence-electron chi connectivity index (χ1n) is 8.82. The van der Waals surface area contributed by atoms with E-state index in [0.717, 1.165) is 4.47 Å². The van der Waals surface area contributed by atoms with Gasteiger partial charge < -0.3 is 14.6 Å². The van der Waals surface area contributed by atoms with E-state index in [1.54, 1.807) is 25.1 Å². The van der Waals surface area contributed by atoms with Crippen molar-refractivity contribution in [2.24, 2.45) is 5.10 Å². The van der Waals surface area contributed by atoms with Gasteiger partial charge in [0.25, 0.3) is 5.56 Å². The van der Waals surface area contributed by atoms with Crippen molar-refractivity contribution in [3.05, 3.63) is 59.4 Å². The van der Waals surface area contributed by atoms with Gasteiger partial charge in [0.2, 0.25) is 0 Å². The summed E-state index contributed by atoms with van der Waals surface area (Å²) in [6.45, 7) is 3.10. The first kappa shape index (κ1) is 23.4. The number of hydrogen-bond donors (Lipinski definition) is 1. The highest BCUT2D eigenvalue weighted by Crippen LogP contribution is 2.42. The Labute approximate surface area is 202 Å². The van der Waals surface area contributed by atoms with Crippen LogP contribution in [0.25, 0.3) is 10.9 Å². The predicted octanol–water partition coefficient (Wildman–Crippen LogP) is 4.74. The van der Waals surface area contributed by atoms with Gasteiger partial charge in [-0.3, -0.25) is 4.79 Å². The molecule has 0 unspecified atom stereocenters. The number of aliphatic carboxylic acids is 1. The molecule has 3 rings (SSSR count). The number of carboxylic acids is 1. The predicted molar refractivity (Wildman–Crippen MR) is 128 cm³/mol. The van der Waals surface area contributed by atoms with Crippen molar-refractivity contribution in [3.8, 4) is 11.5 Å². The monoisotopic (exact) mass is 615 g/mol. The van der Waals surface area contributed by atoms with E-state index < -0.39 is 12.1 Å². The van der Waals surface area contributed by atoms with Gasteiger partial charge in [-0.05, 0) is 70.0 Å². The lowest BCUT2D eigenvalue weighted by molar-refractivity contribution is -0.144. The number of benzene rings is 2. The first-order chi connectivity index (χ1) is 14.6. The molecular weight excluding hydrogens is 602 g/mol. The third-order valence-corrected chi connectivity index (χ3v) is 6.94. The molecule has 0 amide bonds. The zero-order chi connectivity index (χ0) is 22.9. The van der Waals surface area contributed by atoms with Gasteiger partial charge >= 0.3 is 5.97 Å². The summed E-state index contributed by atoms with van der Waals surface area (Å²) in [5.74, 6) is -0.157. The number of ether oxygens (including phenoxy) is 2. The van der Waals surface area contributed by atoms with E-state index in [9.17, 15) is 9.59 Å². The van der Waals surface area contributed by atoms with Crippen LogP contribution >= 0.6 is 47.8 Å². The van der Waals surface area contributed by atoms with Crippen LogP contribution in [0.4, 0.5) is 0 Å².